The van der Waals surface area contributed by atoms with E-state index in [2.05, 4.69) is 15.8 Å². The third kappa shape index (κ3) is 4.03. The minimum absolute atomic E-state index is 0.167. The van der Waals surface area contributed by atoms with Gasteiger partial charge in [0.25, 0.3) is 5.91 Å². The van der Waals surface area contributed by atoms with E-state index in [1.54, 1.807) is 6.07 Å². The van der Waals surface area contributed by atoms with E-state index < -0.39 is 11.9 Å². The van der Waals surface area contributed by atoms with Gasteiger partial charge in [-0.25, -0.2) is 0 Å². The van der Waals surface area contributed by atoms with Gasteiger partial charge in [0.15, 0.2) is 5.69 Å². The maximum absolute atomic E-state index is 12.5. The molecule has 0 unspecified atom stereocenters. The second kappa shape index (κ2) is 7.67. The molecular formula is C20H17N3O3S. The fraction of sp³-hybridized carbons (Fsp3) is 0.150. The molecule has 0 saturated heterocycles. The molecule has 27 heavy (non-hydrogen) atoms. The van der Waals surface area contributed by atoms with Crippen LogP contribution in [-0.2, 0) is 11.2 Å². The average molecular weight is 379 g/mol. The van der Waals surface area contributed by atoms with E-state index in [4.69, 9.17) is 4.52 Å². The first-order valence-corrected chi connectivity index (χ1v) is 9.51. The van der Waals surface area contributed by atoms with Crippen LogP contribution in [0.5, 0.6) is 0 Å². The Morgan fingerprint density at radius 1 is 1.19 bits per heavy atom. The fourth-order valence-electron chi connectivity index (χ4n) is 2.80. The van der Waals surface area contributed by atoms with Crippen LogP contribution in [0.2, 0.25) is 0 Å². The van der Waals surface area contributed by atoms with Crippen molar-refractivity contribution >= 4 is 29.3 Å². The maximum Gasteiger partial charge on any atom is 0.274 e. The van der Waals surface area contributed by atoms with Gasteiger partial charge >= 0.3 is 0 Å². The van der Waals surface area contributed by atoms with Gasteiger partial charge in [-0.3, -0.25) is 9.59 Å². The van der Waals surface area contributed by atoms with E-state index in [0.717, 1.165) is 16.1 Å². The molecule has 4 rings (SSSR count). The van der Waals surface area contributed by atoms with E-state index in [9.17, 15) is 9.59 Å². The summed E-state index contributed by atoms with van der Waals surface area (Å²) in [4.78, 5) is 25.9. The Balaban J connectivity index is 1.41. The van der Waals surface area contributed by atoms with Crippen LogP contribution in [0.3, 0.4) is 0 Å². The molecule has 2 aromatic carbocycles. The van der Waals surface area contributed by atoms with Gasteiger partial charge in [-0.05, 0) is 17.7 Å². The maximum atomic E-state index is 12.5. The van der Waals surface area contributed by atoms with Gasteiger partial charge in [0.1, 0.15) is 11.8 Å². The molecule has 1 aromatic heterocycles. The Bertz CT molecular complexity index is 971. The summed E-state index contributed by atoms with van der Waals surface area (Å²) in [5.74, 6) is 0.376. The molecule has 7 heteroatoms. The lowest BCUT2D eigenvalue weighted by Gasteiger charge is -2.13. The van der Waals surface area contributed by atoms with E-state index in [0.29, 0.717) is 17.9 Å². The van der Waals surface area contributed by atoms with Gasteiger partial charge in [0, 0.05) is 23.1 Å². The molecule has 136 valence electrons. The average Bonchev–Trinajstić information content (AvgIpc) is 3.09. The van der Waals surface area contributed by atoms with E-state index >= 15 is 0 Å². The number of benzene rings is 2. The van der Waals surface area contributed by atoms with Crippen LogP contribution in [0.1, 0.15) is 21.8 Å². The highest BCUT2D eigenvalue weighted by Gasteiger charge is 2.26. The molecule has 0 radical (unpaired) electrons. The summed E-state index contributed by atoms with van der Waals surface area (Å²) in [5.41, 5.74) is 1.99. The van der Waals surface area contributed by atoms with Crippen LogP contribution in [0.4, 0.5) is 5.69 Å². The van der Waals surface area contributed by atoms with Crippen LogP contribution in [0.25, 0.3) is 0 Å². The van der Waals surface area contributed by atoms with Crippen molar-refractivity contribution in [2.24, 2.45) is 0 Å². The highest BCUT2D eigenvalue weighted by Crippen LogP contribution is 2.30. The summed E-state index contributed by atoms with van der Waals surface area (Å²) < 4.78 is 5.26. The van der Waals surface area contributed by atoms with Crippen molar-refractivity contribution in [3.63, 3.8) is 0 Å². The Kier molecular flexibility index (Phi) is 4.93. The van der Waals surface area contributed by atoms with Gasteiger partial charge in [0.2, 0.25) is 5.91 Å². The van der Waals surface area contributed by atoms with Crippen LogP contribution < -0.4 is 10.6 Å². The number of carbonyl (C=O) groups is 2. The second-order valence-electron chi connectivity index (χ2n) is 6.16. The number of amides is 2. The topological polar surface area (TPSA) is 84.2 Å². The van der Waals surface area contributed by atoms with Crippen molar-refractivity contribution in [3.8, 4) is 0 Å². The summed E-state index contributed by atoms with van der Waals surface area (Å²) >= 11 is 1.52. The van der Waals surface area contributed by atoms with Crippen LogP contribution in [-0.4, -0.2) is 28.8 Å². The summed E-state index contributed by atoms with van der Waals surface area (Å²) in [7, 11) is 0. The molecule has 0 aliphatic carbocycles. The normalized spacial score (nSPS) is 16.1. The third-order valence-corrected chi connectivity index (χ3v) is 5.35. The minimum Gasteiger partial charge on any atom is -0.360 e. The van der Waals surface area contributed by atoms with E-state index in [-0.39, 0.29) is 11.6 Å². The first-order valence-electron chi connectivity index (χ1n) is 8.52. The number of thioether (sulfide) groups is 1. The predicted octanol–water partition coefficient (Wildman–Crippen LogP) is 3.11. The molecule has 1 aliphatic heterocycles. The van der Waals surface area contributed by atoms with Crippen LogP contribution >= 0.6 is 11.8 Å². The quantitative estimate of drug-likeness (QED) is 0.728. The van der Waals surface area contributed by atoms with Crippen molar-refractivity contribution in [1.82, 2.24) is 10.5 Å². The van der Waals surface area contributed by atoms with Crippen molar-refractivity contribution < 1.29 is 14.1 Å². The predicted molar refractivity (Wildman–Crippen MR) is 103 cm³/mol. The largest absolute Gasteiger partial charge is 0.360 e. The Labute approximate surface area is 160 Å². The molecule has 1 atom stereocenters. The molecule has 2 heterocycles. The van der Waals surface area contributed by atoms with Crippen LogP contribution in [0.15, 0.2) is 70.1 Å². The smallest absolute Gasteiger partial charge is 0.274 e. The second-order valence-corrected chi connectivity index (χ2v) is 7.23. The Hall–Kier alpha value is -3.06. The molecular weight excluding hydrogens is 362 g/mol. The van der Waals surface area contributed by atoms with Gasteiger partial charge in [-0.15, -0.1) is 11.8 Å². The lowest BCUT2D eigenvalue weighted by Crippen LogP contribution is -2.44. The summed E-state index contributed by atoms with van der Waals surface area (Å²) in [6.07, 6.45) is 0.552. The number of para-hydroxylation sites is 1. The number of hydrogen-bond acceptors (Lipinski definition) is 5. The number of nitrogens with one attached hydrogen (secondary N) is 2. The fourth-order valence-corrected chi connectivity index (χ4v) is 3.83. The zero-order chi connectivity index (χ0) is 18.6. The van der Waals surface area contributed by atoms with E-state index in [1.807, 2.05) is 54.6 Å². The molecule has 1 aliphatic rings. The Morgan fingerprint density at radius 2 is 1.96 bits per heavy atom. The summed E-state index contributed by atoms with van der Waals surface area (Å²) in [5, 5.41) is 9.43. The highest BCUT2D eigenvalue weighted by molar-refractivity contribution is 7.99. The number of fused-ring (bicyclic) bond motifs is 1. The zero-order valence-electron chi connectivity index (χ0n) is 14.3. The van der Waals surface area contributed by atoms with Gasteiger partial charge in [0.05, 0.1) is 5.69 Å². The number of nitrogens with zero attached hydrogens (tertiary/aromatic N) is 1. The molecule has 0 bridgehead atoms. The lowest BCUT2D eigenvalue weighted by atomic mass is 10.1. The van der Waals surface area contributed by atoms with Crippen molar-refractivity contribution in [3.05, 3.63) is 77.7 Å². The van der Waals surface area contributed by atoms with Crippen LogP contribution in [0, 0.1) is 0 Å². The van der Waals surface area contributed by atoms with Gasteiger partial charge in [-0.2, -0.15) is 0 Å². The minimum atomic E-state index is -0.649. The van der Waals surface area contributed by atoms with Gasteiger partial charge < -0.3 is 15.2 Å². The molecule has 3 aromatic rings. The Morgan fingerprint density at radius 3 is 2.81 bits per heavy atom. The molecule has 2 N–H and O–H groups in total. The standard InChI is InChI=1S/C20H17N3O3S/c24-19(16-11-14(26-23-16)10-13-6-2-1-3-7-13)22-17-12-27-18-9-5-4-8-15(18)21-20(17)25/h1-9,11,17H,10,12H2,(H,21,25)(H,22,24)/t17-/m1/s1. The zero-order valence-corrected chi connectivity index (χ0v) is 15.2. The molecule has 0 fully saturated rings. The molecule has 0 spiro atoms. The van der Waals surface area contributed by atoms with Gasteiger partial charge in [-0.1, -0.05) is 47.6 Å². The molecule has 2 amide bonds. The number of rotatable bonds is 4. The SMILES string of the molecule is O=C(N[C@@H]1CSc2ccccc2NC1=O)c1cc(Cc2ccccc2)on1. The number of anilines is 1. The first kappa shape index (κ1) is 17.4. The van der Waals surface area contributed by atoms with Crippen molar-refractivity contribution in [1.29, 1.82) is 0 Å². The van der Waals surface area contributed by atoms with E-state index in [1.165, 1.54) is 11.8 Å². The van der Waals surface area contributed by atoms with Crippen molar-refractivity contribution in [2.45, 2.75) is 17.4 Å². The molecule has 0 saturated carbocycles. The first-order chi connectivity index (χ1) is 13.2. The monoisotopic (exact) mass is 379 g/mol. The number of hydrogen-bond donors (Lipinski definition) is 2. The highest BCUT2D eigenvalue weighted by atomic mass is 32.2. The third-order valence-electron chi connectivity index (χ3n) is 4.19. The van der Waals surface area contributed by atoms with Crippen molar-refractivity contribution in [2.75, 3.05) is 11.1 Å². The summed E-state index contributed by atoms with van der Waals surface area (Å²) in [6, 6.07) is 18.3. The number of aromatic nitrogens is 1. The molecule has 6 nitrogen and oxygen atoms in total. The summed E-state index contributed by atoms with van der Waals surface area (Å²) in [6.45, 7) is 0. The number of carbonyl (C=O) groups excluding carboxylic acids is 2. The lowest BCUT2D eigenvalue weighted by molar-refractivity contribution is -0.117.